The Kier molecular flexibility index (Phi) is 6.32. The number of nitrogens with one attached hydrogen (secondary N) is 1. The van der Waals surface area contributed by atoms with Gasteiger partial charge in [-0.1, -0.05) is 42.5 Å². The molecule has 2 aliphatic rings. The zero-order valence-electron chi connectivity index (χ0n) is 19.3. The summed E-state index contributed by atoms with van der Waals surface area (Å²) in [5, 5.41) is 2.92. The number of benzene rings is 2. The first-order chi connectivity index (χ1) is 15.7. The quantitative estimate of drug-likeness (QED) is 0.700. The van der Waals surface area contributed by atoms with E-state index in [0.29, 0.717) is 19.6 Å². The number of ether oxygens (including phenoxy) is 2. The van der Waals surface area contributed by atoms with Crippen LogP contribution >= 0.6 is 0 Å². The van der Waals surface area contributed by atoms with Crippen LogP contribution in [0.25, 0.3) is 0 Å². The van der Waals surface area contributed by atoms with Crippen LogP contribution in [0.2, 0.25) is 0 Å². The number of carbonyl (C=O) groups excluding carboxylic acids is 2. The van der Waals surface area contributed by atoms with Crippen molar-refractivity contribution in [3.8, 4) is 0 Å². The Labute approximate surface area is 194 Å². The number of fused-ring (bicyclic) bond motifs is 1. The van der Waals surface area contributed by atoms with E-state index in [1.54, 1.807) is 17.0 Å². The molecule has 0 radical (unpaired) electrons. The fourth-order valence-electron chi connectivity index (χ4n) is 5.01. The maximum absolute atomic E-state index is 13.6. The second-order valence-corrected chi connectivity index (χ2v) is 9.89. The predicted octanol–water partition coefficient (Wildman–Crippen LogP) is 4.88. The first kappa shape index (κ1) is 23.1. The summed E-state index contributed by atoms with van der Waals surface area (Å²) in [6.07, 6.45) is -0.0220. The lowest BCUT2D eigenvalue weighted by Crippen LogP contribution is -2.41. The average molecular weight is 455 g/mol. The number of halogens is 1. The van der Waals surface area contributed by atoms with Crippen molar-refractivity contribution in [3.63, 3.8) is 0 Å². The van der Waals surface area contributed by atoms with Crippen LogP contribution < -0.4 is 5.32 Å². The number of carbonyl (C=O) groups is 2. The van der Waals surface area contributed by atoms with Crippen molar-refractivity contribution < 1.29 is 23.5 Å². The molecule has 2 aromatic carbocycles. The van der Waals surface area contributed by atoms with Crippen molar-refractivity contribution in [2.24, 2.45) is 11.8 Å². The first-order valence-corrected chi connectivity index (χ1v) is 11.4. The summed E-state index contributed by atoms with van der Waals surface area (Å²) in [6.45, 7) is 7.24. The lowest BCUT2D eigenvalue weighted by Gasteiger charge is -2.29. The summed E-state index contributed by atoms with van der Waals surface area (Å²) in [5.41, 5.74) is 0.952. The molecule has 7 heteroatoms. The number of amides is 2. The van der Waals surface area contributed by atoms with Gasteiger partial charge < -0.3 is 19.7 Å². The molecule has 1 heterocycles. The molecule has 2 aromatic rings. The molecular weight excluding hydrogens is 423 g/mol. The molecule has 1 N–H and O–H groups in total. The lowest BCUT2D eigenvalue weighted by molar-refractivity contribution is 0.0206. The third-order valence-corrected chi connectivity index (χ3v) is 6.60. The van der Waals surface area contributed by atoms with Gasteiger partial charge in [0.2, 0.25) is 0 Å². The summed E-state index contributed by atoms with van der Waals surface area (Å²) in [6, 6.07) is 15.9. The standard InChI is InChI=1S/C26H31FN2O4/c1-25(2,3)33-24(31)29-14-13-21-22(15-29)26(21,19-9-11-20(27)12-10-19)17-28-23(30)32-16-18-7-5-4-6-8-18/h4-12,21-22H,13-17H2,1-3H3,(H,28,30). The van der Waals surface area contributed by atoms with Crippen molar-refractivity contribution in [1.29, 1.82) is 0 Å². The Hall–Kier alpha value is -3.09. The molecule has 33 heavy (non-hydrogen) atoms. The van der Waals surface area contributed by atoms with Gasteiger partial charge in [0, 0.05) is 25.0 Å². The van der Waals surface area contributed by atoms with E-state index in [0.717, 1.165) is 17.5 Å². The Balaban J connectivity index is 1.44. The third kappa shape index (κ3) is 5.13. The minimum atomic E-state index is -0.560. The topological polar surface area (TPSA) is 67.9 Å². The summed E-state index contributed by atoms with van der Waals surface area (Å²) in [7, 11) is 0. The molecule has 4 rings (SSSR count). The molecule has 2 fully saturated rings. The molecule has 176 valence electrons. The van der Waals surface area contributed by atoms with Crippen LogP contribution in [0.5, 0.6) is 0 Å². The van der Waals surface area contributed by atoms with E-state index in [9.17, 15) is 14.0 Å². The highest BCUT2D eigenvalue weighted by molar-refractivity contribution is 5.69. The summed E-state index contributed by atoms with van der Waals surface area (Å²) in [4.78, 5) is 26.8. The molecule has 1 aliphatic carbocycles. The summed E-state index contributed by atoms with van der Waals surface area (Å²) in [5.74, 6) is 0.137. The van der Waals surface area contributed by atoms with Gasteiger partial charge in [-0.05, 0) is 62.3 Å². The van der Waals surface area contributed by atoms with Crippen molar-refractivity contribution >= 4 is 12.2 Å². The predicted molar refractivity (Wildman–Crippen MR) is 122 cm³/mol. The Bertz CT molecular complexity index is 990. The molecule has 2 amide bonds. The average Bonchev–Trinajstić information content (AvgIpc) is 3.44. The number of rotatable bonds is 5. The van der Waals surface area contributed by atoms with Gasteiger partial charge in [-0.2, -0.15) is 0 Å². The van der Waals surface area contributed by atoms with Gasteiger partial charge in [0.25, 0.3) is 0 Å². The molecule has 1 aliphatic heterocycles. The number of likely N-dealkylation sites (tertiary alicyclic amines) is 1. The van der Waals surface area contributed by atoms with Gasteiger partial charge in [-0.15, -0.1) is 0 Å². The van der Waals surface area contributed by atoms with Crippen LogP contribution in [-0.2, 0) is 21.5 Å². The summed E-state index contributed by atoms with van der Waals surface area (Å²) < 4.78 is 24.5. The Morgan fingerprint density at radius 2 is 1.79 bits per heavy atom. The van der Waals surface area contributed by atoms with Crippen molar-refractivity contribution in [1.82, 2.24) is 10.2 Å². The molecule has 1 saturated heterocycles. The largest absolute Gasteiger partial charge is 0.445 e. The number of hydrogen-bond acceptors (Lipinski definition) is 4. The molecule has 3 atom stereocenters. The summed E-state index contributed by atoms with van der Waals surface area (Å²) >= 11 is 0. The van der Waals surface area contributed by atoms with Crippen LogP contribution in [-0.4, -0.2) is 42.3 Å². The molecule has 0 spiro atoms. The number of alkyl carbamates (subject to hydrolysis) is 1. The van der Waals surface area contributed by atoms with E-state index in [4.69, 9.17) is 9.47 Å². The van der Waals surface area contributed by atoms with Gasteiger partial charge >= 0.3 is 12.2 Å². The lowest BCUT2D eigenvalue weighted by atomic mass is 9.91. The van der Waals surface area contributed by atoms with Gasteiger partial charge in [0.05, 0.1) is 0 Å². The van der Waals surface area contributed by atoms with E-state index in [1.165, 1.54) is 12.1 Å². The van der Waals surface area contributed by atoms with Crippen LogP contribution in [0.4, 0.5) is 14.0 Å². The highest BCUT2D eigenvalue weighted by atomic mass is 19.1. The zero-order valence-corrected chi connectivity index (χ0v) is 19.3. The van der Waals surface area contributed by atoms with E-state index >= 15 is 0 Å². The minimum absolute atomic E-state index is 0.152. The third-order valence-electron chi connectivity index (χ3n) is 6.60. The molecule has 6 nitrogen and oxygen atoms in total. The van der Waals surface area contributed by atoms with E-state index in [-0.39, 0.29) is 35.8 Å². The monoisotopic (exact) mass is 454 g/mol. The first-order valence-electron chi connectivity index (χ1n) is 11.4. The van der Waals surface area contributed by atoms with E-state index in [2.05, 4.69) is 5.32 Å². The van der Waals surface area contributed by atoms with Gasteiger partial charge in [0.1, 0.15) is 18.0 Å². The van der Waals surface area contributed by atoms with Gasteiger partial charge in [-0.25, -0.2) is 14.0 Å². The second kappa shape index (κ2) is 9.04. The van der Waals surface area contributed by atoms with Gasteiger partial charge in [-0.3, -0.25) is 0 Å². The maximum atomic E-state index is 13.6. The van der Waals surface area contributed by atoms with Crippen LogP contribution in [0.1, 0.15) is 38.3 Å². The Morgan fingerprint density at radius 1 is 1.09 bits per heavy atom. The minimum Gasteiger partial charge on any atom is -0.445 e. The highest BCUT2D eigenvalue weighted by Crippen LogP contribution is 2.63. The van der Waals surface area contributed by atoms with Crippen molar-refractivity contribution in [2.45, 2.75) is 44.8 Å². The maximum Gasteiger partial charge on any atom is 0.410 e. The van der Waals surface area contributed by atoms with Gasteiger partial charge in [0.15, 0.2) is 0 Å². The Morgan fingerprint density at radius 3 is 2.45 bits per heavy atom. The van der Waals surface area contributed by atoms with Crippen LogP contribution in [0.15, 0.2) is 54.6 Å². The fraction of sp³-hybridized carbons (Fsp3) is 0.462. The van der Waals surface area contributed by atoms with Crippen molar-refractivity contribution in [3.05, 3.63) is 71.5 Å². The number of piperidine rings is 1. The van der Waals surface area contributed by atoms with Crippen molar-refractivity contribution in [2.75, 3.05) is 19.6 Å². The SMILES string of the molecule is CC(C)(C)OC(=O)N1CCC2C(C1)C2(CNC(=O)OCc1ccccc1)c1ccc(F)cc1. The molecule has 0 aromatic heterocycles. The van der Waals surface area contributed by atoms with E-state index < -0.39 is 11.7 Å². The zero-order chi connectivity index (χ0) is 23.6. The fourth-order valence-corrected chi connectivity index (χ4v) is 5.01. The highest BCUT2D eigenvalue weighted by Gasteiger charge is 2.66. The normalized spacial score (nSPS) is 23.9. The molecule has 3 unspecified atom stereocenters. The molecular formula is C26H31FN2O4. The second-order valence-electron chi connectivity index (χ2n) is 9.89. The molecule has 1 saturated carbocycles. The smallest absolute Gasteiger partial charge is 0.410 e. The van der Waals surface area contributed by atoms with Crippen LogP contribution in [0, 0.1) is 17.7 Å². The number of nitrogens with zero attached hydrogens (tertiary/aromatic N) is 1. The van der Waals surface area contributed by atoms with E-state index in [1.807, 2.05) is 51.1 Å². The van der Waals surface area contributed by atoms with Crippen LogP contribution in [0.3, 0.4) is 0 Å². The molecule has 0 bridgehead atoms. The number of hydrogen-bond donors (Lipinski definition) is 1.